The molecule has 17 heavy (non-hydrogen) atoms. The standard InChI is InChI=1S/C15H30N2/c1-2-14-6-4-10-17(11-7-14)12-8-15-5-3-9-16-13-15/h14-16H,2-13H2,1H3. The van der Waals surface area contributed by atoms with Gasteiger partial charge in [0.05, 0.1) is 0 Å². The van der Waals surface area contributed by atoms with Gasteiger partial charge < -0.3 is 10.2 Å². The number of hydrogen-bond donors (Lipinski definition) is 1. The predicted octanol–water partition coefficient (Wildman–Crippen LogP) is 2.89. The minimum absolute atomic E-state index is 0.953. The highest BCUT2D eigenvalue weighted by atomic mass is 15.1. The van der Waals surface area contributed by atoms with Crippen LogP contribution >= 0.6 is 0 Å². The van der Waals surface area contributed by atoms with Gasteiger partial charge in [-0.3, -0.25) is 0 Å². The molecular weight excluding hydrogens is 208 g/mol. The van der Waals surface area contributed by atoms with Crippen molar-refractivity contribution >= 4 is 0 Å². The summed E-state index contributed by atoms with van der Waals surface area (Å²) in [6, 6.07) is 0. The van der Waals surface area contributed by atoms with Crippen LogP contribution in [0.3, 0.4) is 0 Å². The Hall–Kier alpha value is -0.0800. The first-order chi connectivity index (χ1) is 8.38. The van der Waals surface area contributed by atoms with Crippen LogP contribution in [0.2, 0.25) is 0 Å². The highest BCUT2D eigenvalue weighted by Crippen LogP contribution is 2.21. The molecule has 0 bridgehead atoms. The number of piperidine rings is 1. The van der Waals surface area contributed by atoms with Crippen molar-refractivity contribution in [2.45, 2.75) is 51.9 Å². The van der Waals surface area contributed by atoms with Gasteiger partial charge in [-0.05, 0) is 83.1 Å². The summed E-state index contributed by atoms with van der Waals surface area (Å²) >= 11 is 0. The van der Waals surface area contributed by atoms with Crippen molar-refractivity contribution in [2.75, 3.05) is 32.7 Å². The quantitative estimate of drug-likeness (QED) is 0.810. The van der Waals surface area contributed by atoms with Gasteiger partial charge in [0.1, 0.15) is 0 Å². The molecule has 0 aliphatic carbocycles. The van der Waals surface area contributed by atoms with Crippen LogP contribution in [0, 0.1) is 11.8 Å². The van der Waals surface area contributed by atoms with Crippen LogP contribution in [0.4, 0.5) is 0 Å². The lowest BCUT2D eigenvalue weighted by Gasteiger charge is -2.26. The number of hydrogen-bond acceptors (Lipinski definition) is 2. The Morgan fingerprint density at radius 2 is 1.94 bits per heavy atom. The third kappa shape index (κ3) is 4.59. The van der Waals surface area contributed by atoms with E-state index in [0.717, 1.165) is 11.8 Å². The zero-order valence-electron chi connectivity index (χ0n) is 11.6. The smallest absolute Gasteiger partial charge is 0.00156 e. The van der Waals surface area contributed by atoms with Crippen molar-refractivity contribution in [1.29, 1.82) is 0 Å². The van der Waals surface area contributed by atoms with Gasteiger partial charge in [-0.25, -0.2) is 0 Å². The highest BCUT2D eigenvalue weighted by Gasteiger charge is 2.18. The summed E-state index contributed by atoms with van der Waals surface area (Å²) < 4.78 is 0. The second kappa shape index (κ2) is 7.38. The third-order valence-corrected chi connectivity index (χ3v) is 4.77. The van der Waals surface area contributed by atoms with Gasteiger partial charge in [0.25, 0.3) is 0 Å². The van der Waals surface area contributed by atoms with E-state index in [1.807, 2.05) is 0 Å². The number of rotatable bonds is 4. The van der Waals surface area contributed by atoms with E-state index >= 15 is 0 Å². The fourth-order valence-electron chi connectivity index (χ4n) is 3.39. The topological polar surface area (TPSA) is 15.3 Å². The van der Waals surface area contributed by atoms with Crippen molar-refractivity contribution in [3.05, 3.63) is 0 Å². The molecule has 1 N–H and O–H groups in total. The maximum Gasteiger partial charge on any atom is -0.00156 e. The summed E-state index contributed by atoms with van der Waals surface area (Å²) in [6.45, 7) is 8.94. The summed E-state index contributed by atoms with van der Waals surface area (Å²) in [5, 5.41) is 3.53. The molecule has 0 aromatic rings. The molecule has 0 aromatic heterocycles. The first-order valence-electron chi connectivity index (χ1n) is 7.81. The van der Waals surface area contributed by atoms with Gasteiger partial charge in [-0.1, -0.05) is 13.3 Å². The lowest BCUT2D eigenvalue weighted by atomic mass is 9.96. The van der Waals surface area contributed by atoms with E-state index in [1.54, 1.807) is 0 Å². The molecule has 2 heteroatoms. The first-order valence-corrected chi connectivity index (χ1v) is 7.81. The average Bonchev–Trinajstić information content (AvgIpc) is 2.62. The summed E-state index contributed by atoms with van der Waals surface area (Å²) in [6.07, 6.45) is 10.0. The largest absolute Gasteiger partial charge is 0.316 e. The minimum Gasteiger partial charge on any atom is -0.316 e. The molecule has 0 spiro atoms. The molecule has 2 aliphatic heterocycles. The molecule has 0 saturated carbocycles. The Morgan fingerprint density at radius 1 is 1.06 bits per heavy atom. The van der Waals surface area contributed by atoms with E-state index in [-0.39, 0.29) is 0 Å². The molecule has 2 rings (SSSR count). The summed E-state index contributed by atoms with van der Waals surface area (Å²) in [4.78, 5) is 2.73. The van der Waals surface area contributed by atoms with Crippen LogP contribution < -0.4 is 5.32 Å². The van der Waals surface area contributed by atoms with Crippen molar-refractivity contribution in [2.24, 2.45) is 11.8 Å². The fraction of sp³-hybridized carbons (Fsp3) is 1.00. The predicted molar refractivity (Wildman–Crippen MR) is 74.3 cm³/mol. The second-order valence-electron chi connectivity index (χ2n) is 6.05. The molecule has 0 radical (unpaired) electrons. The van der Waals surface area contributed by atoms with E-state index in [0.29, 0.717) is 0 Å². The van der Waals surface area contributed by atoms with Crippen molar-refractivity contribution < 1.29 is 0 Å². The molecule has 2 heterocycles. The SMILES string of the molecule is CCC1CCCN(CCC2CCCNC2)CC1. The van der Waals surface area contributed by atoms with Crippen molar-refractivity contribution in [3.63, 3.8) is 0 Å². The van der Waals surface area contributed by atoms with Gasteiger partial charge in [0, 0.05) is 0 Å². The van der Waals surface area contributed by atoms with E-state index in [4.69, 9.17) is 0 Å². The Bertz CT molecular complexity index is 199. The highest BCUT2D eigenvalue weighted by molar-refractivity contribution is 4.73. The van der Waals surface area contributed by atoms with Gasteiger partial charge in [-0.2, -0.15) is 0 Å². The molecule has 2 unspecified atom stereocenters. The lowest BCUT2D eigenvalue weighted by molar-refractivity contribution is 0.241. The minimum atomic E-state index is 0.953. The Labute approximate surface area is 107 Å². The zero-order chi connectivity index (χ0) is 11.9. The average molecular weight is 238 g/mol. The number of nitrogens with zero attached hydrogens (tertiary/aromatic N) is 1. The summed E-state index contributed by atoms with van der Waals surface area (Å²) in [7, 11) is 0. The normalized spacial score (nSPS) is 32.3. The molecule has 0 amide bonds. The molecule has 100 valence electrons. The number of likely N-dealkylation sites (tertiary alicyclic amines) is 1. The Kier molecular flexibility index (Phi) is 5.79. The molecule has 0 aromatic carbocycles. The monoisotopic (exact) mass is 238 g/mol. The van der Waals surface area contributed by atoms with E-state index in [2.05, 4.69) is 17.1 Å². The Morgan fingerprint density at radius 3 is 2.71 bits per heavy atom. The van der Waals surface area contributed by atoms with Gasteiger partial charge in [0.2, 0.25) is 0 Å². The van der Waals surface area contributed by atoms with Crippen molar-refractivity contribution in [3.8, 4) is 0 Å². The van der Waals surface area contributed by atoms with Gasteiger partial charge in [0.15, 0.2) is 0 Å². The summed E-state index contributed by atoms with van der Waals surface area (Å²) in [5.41, 5.74) is 0. The molecular formula is C15H30N2. The maximum absolute atomic E-state index is 3.53. The van der Waals surface area contributed by atoms with E-state index in [1.165, 1.54) is 77.7 Å². The lowest BCUT2D eigenvalue weighted by Crippen LogP contribution is -2.33. The molecule has 2 fully saturated rings. The van der Waals surface area contributed by atoms with E-state index in [9.17, 15) is 0 Å². The molecule has 2 atom stereocenters. The first kappa shape index (κ1) is 13.4. The molecule has 2 nitrogen and oxygen atoms in total. The van der Waals surface area contributed by atoms with Crippen LogP contribution in [-0.4, -0.2) is 37.6 Å². The van der Waals surface area contributed by atoms with Crippen LogP contribution in [0.25, 0.3) is 0 Å². The number of nitrogens with one attached hydrogen (secondary N) is 1. The van der Waals surface area contributed by atoms with Crippen LogP contribution in [0.5, 0.6) is 0 Å². The fourth-order valence-corrected chi connectivity index (χ4v) is 3.39. The molecule has 2 saturated heterocycles. The second-order valence-corrected chi connectivity index (χ2v) is 6.05. The van der Waals surface area contributed by atoms with Crippen LogP contribution in [-0.2, 0) is 0 Å². The third-order valence-electron chi connectivity index (χ3n) is 4.77. The zero-order valence-corrected chi connectivity index (χ0v) is 11.6. The van der Waals surface area contributed by atoms with Crippen molar-refractivity contribution in [1.82, 2.24) is 10.2 Å². The summed E-state index contributed by atoms with van der Waals surface area (Å²) in [5.74, 6) is 1.96. The van der Waals surface area contributed by atoms with Crippen LogP contribution in [0.1, 0.15) is 51.9 Å². The van der Waals surface area contributed by atoms with Gasteiger partial charge in [-0.15, -0.1) is 0 Å². The van der Waals surface area contributed by atoms with Gasteiger partial charge >= 0.3 is 0 Å². The van der Waals surface area contributed by atoms with E-state index < -0.39 is 0 Å². The maximum atomic E-state index is 3.53. The molecule has 2 aliphatic rings. The Balaban J connectivity index is 1.64. The van der Waals surface area contributed by atoms with Crippen LogP contribution in [0.15, 0.2) is 0 Å².